The third-order valence-corrected chi connectivity index (χ3v) is 5.60. The number of hydrogen-bond acceptors (Lipinski definition) is 4. The predicted octanol–water partition coefficient (Wildman–Crippen LogP) is 4.46. The highest BCUT2D eigenvalue weighted by Crippen LogP contribution is 2.29. The van der Waals surface area contributed by atoms with E-state index in [9.17, 15) is 9.90 Å². The van der Waals surface area contributed by atoms with Gasteiger partial charge in [-0.25, -0.2) is 4.79 Å². The molecule has 3 aromatic carbocycles. The van der Waals surface area contributed by atoms with Gasteiger partial charge in [0.15, 0.2) is 5.58 Å². The minimum absolute atomic E-state index is 0.0896. The maximum absolute atomic E-state index is 12.3. The average Bonchev–Trinajstić information content (AvgIpc) is 3.14. The molecule has 0 aliphatic heterocycles. The topological polar surface area (TPSA) is 58.6 Å². The van der Waals surface area contributed by atoms with E-state index < -0.39 is 0 Å². The van der Waals surface area contributed by atoms with Crippen molar-refractivity contribution >= 4 is 11.1 Å². The summed E-state index contributed by atoms with van der Waals surface area (Å²) in [6, 6.07) is 28.5. The van der Waals surface area contributed by atoms with Gasteiger partial charge < -0.3 is 9.52 Å². The molecule has 0 saturated carbocycles. The van der Waals surface area contributed by atoms with E-state index in [0.717, 1.165) is 25.0 Å². The zero-order valence-corrected chi connectivity index (χ0v) is 17.6. The van der Waals surface area contributed by atoms with E-state index in [-0.39, 0.29) is 18.4 Å². The van der Waals surface area contributed by atoms with Crippen LogP contribution < -0.4 is 5.76 Å². The van der Waals surface area contributed by atoms with Crippen molar-refractivity contribution in [2.24, 2.45) is 0 Å². The number of rotatable bonds is 10. The van der Waals surface area contributed by atoms with E-state index in [2.05, 4.69) is 53.4 Å². The van der Waals surface area contributed by atoms with Crippen LogP contribution in [0.3, 0.4) is 0 Å². The van der Waals surface area contributed by atoms with Crippen molar-refractivity contribution in [1.82, 2.24) is 9.47 Å². The second kappa shape index (κ2) is 10.2. The van der Waals surface area contributed by atoms with Gasteiger partial charge in [0.2, 0.25) is 0 Å². The van der Waals surface area contributed by atoms with Crippen molar-refractivity contribution in [3.05, 3.63) is 107 Å². The van der Waals surface area contributed by atoms with Crippen LogP contribution in [0.25, 0.3) is 11.1 Å². The maximum Gasteiger partial charge on any atom is 0.419 e. The first kappa shape index (κ1) is 21.1. The van der Waals surface area contributed by atoms with E-state index in [1.807, 2.05) is 36.4 Å². The van der Waals surface area contributed by atoms with Crippen LogP contribution in [-0.2, 0) is 6.54 Å². The Hall–Kier alpha value is -3.15. The molecule has 1 N–H and O–H groups in total. The van der Waals surface area contributed by atoms with Crippen molar-refractivity contribution in [2.75, 3.05) is 19.7 Å². The number of hydrogen-bond donors (Lipinski definition) is 1. The molecule has 0 aliphatic rings. The zero-order valence-electron chi connectivity index (χ0n) is 17.6. The molecule has 0 atom stereocenters. The number of aryl methyl sites for hydroxylation is 1. The van der Waals surface area contributed by atoms with E-state index in [4.69, 9.17) is 4.42 Å². The molecule has 1 heterocycles. The molecule has 0 unspecified atom stereocenters. The van der Waals surface area contributed by atoms with Gasteiger partial charge in [-0.2, -0.15) is 0 Å². The van der Waals surface area contributed by atoms with Gasteiger partial charge in [-0.15, -0.1) is 0 Å². The normalized spacial score (nSPS) is 11.6. The summed E-state index contributed by atoms with van der Waals surface area (Å²) in [4.78, 5) is 14.7. The number of nitrogens with zero attached hydrogens (tertiary/aromatic N) is 2. The van der Waals surface area contributed by atoms with Gasteiger partial charge in [0.05, 0.1) is 11.6 Å². The van der Waals surface area contributed by atoms with Crippen molar-refractivity contribution in [3.63, 3.8) is 0 Å². The minimum atomic E-state index is -0.314. The van der Waals surface area contributed by atoms with Crippen LogP contribution in [0.5, 0.6) is 0 Å². The highest BCUT2D eigenvalue weighted by Gasteiger charge is 2.22. The minimum Gasteiger partial charge on any atom is -0.408 e. The van der Waals surface area contributed by atoms with E-state index in [0.29, 0.717) is 18.5 Å². The van der Waals surface area contributed by atoms with Crippen LogP contribution in [0.4, 0.5) is 0 Å². The standard InChI is InChI=1S/C26H28N2O3/c29-20-10-18-27(17-9-19-28-23-15-7-8-16-24(23)31-26(28)30)25(21-11-3-1-4-12-21)22-13-5-2-6-14-22/h1-8,11-16,25,29H,9-10,17-20H2. The Labute approximate surface area is 182 Å². The SMILES string of the molecule is O=c1oc2ccccc2n1CCCN(CCCO)C(c1ccccc1)c1ccccc1. The molecule has 0 amide bonds. The second-order valence-electron chi connectivity index (χ2n) is 7.68. The maximum atomic E-state index is 12.3. The first-order valence-electron chi connectivity index (χ1n) is 10.8. The molecule has 5 nitrogen and oxygen atoms in total. The number of benzene rings is 3. The smallest absolute Gasteiger partial charge is 0.408 e. The molecular formula is C26H28N2O3. The molecule has 0 bridgehead atoms. The molecule has 0 fully saturated rings. The lowest BCUT2D eigenvalue weighted by molar-refractivity contribution is 0.189. The monoisotopic (exact) mass is 416 g/mol. The lowest BCUT2D eigenvalue weighted by Gasteiger charge is -2.32. The quantitative estimate of drug-likeness (QED) is 0.415. The lowest BCUT2D eigenvalue weighted by Crippen LogP contribution is -2.33. The molecule has 0 aliphatic carbocycles. The fourth-order valence-corrected chi connectivity index (χ4v) is 4.19. The molecule has 4 rings (SSSR count). The first-order valence-corrected chi connectivity index (χ1v) is 10.8. The van der Waals surface area contributed by atoms with Crippen LogP contribution in [-0.4, -0.2) is 34.3 Å². The van der Waals surface area contributed by atoms with Gasteiger partial charge in [-0.1, -0.05) is 72.8 Å². The van der Waals surface area contributed by atoms with Crippen molar-refractivity contribution in [3.8, 4) is 0 Å². The van der Waals surface area contributed by atoms with Gasteiger partial charge in [0.1, 0.15) is 0 Å². The van der Waals surface area contributed by atoms with Crippen molar-refractivity contribution in [2.45, 2.75) is 25.4 Å². The Morgan fingerprint density at radius 3 is 2.03 bits per heavy atom. The molecule has 0 spiro atoms. The largest absolute Gasteiger partial charge is 0.419 e. The molecular weight excluding hydrogens is 388 g/mol. The van der Waals surface area contributed by atoms with Gasteiger partial charge in [-0.3, -0.25) is 9.47 Å². The summed E-state index contributed by atoms with van der Waals surface area (Å²) in [7, 11) is 0. The Balaban J connectivity index is 1.57. The number of aliphatic hydroxyl groups excluding tert-OH is 1. The average molecular weight is 417 g/mol. The van der Waals surface area contributed by atoms with Crippen molar-refractivity contribution in [1.29, 1.82) is 0 Å². The molecule has 0 saturated heterocycles. The van der Waals surface area contributed by atoms with Gasteiger partial charge in [0, 0.05) is 26.2 Å². The summed E-state index contributed by atoms with van der Waals surface area (Å²) in [5, 5.41) is 9.48. The Morgan fingerprint density at radius 1 is 0.806 bits per heavy atom. The summed E-state index contributed by atoms with van der Waals surface area (Å²) < 4.78 is 7.08. The molecule has 0 radical (unpaired) electrons. The predicted molar refractivity (Wildman–Crippen MR) is 123 cm³/mol. The Morgan fingerprint density at radius 2 is 1.39 bits per heavy atom. The number of oxazole rings is 1. The number of aromatic nitrogens is 1. The molecule has 5 heteroatoms. The summed E-state index contributed by atoms with van der Waals surface area (Å²) in [6.45, 7) is 2.30. The summed E-state index contributed by atoms with van der Waals surface area (Å²) in [5.74, 6) is -0.314. The van der Waals surface area contributed by atoms with Crippen LogP contribution in [0.2, 0.25) is 0 Å². The van der Waals surface area contributed by atoms with E-state index in [1.165, 1.54) is 11.1 Å². The Kier molecular flexibility index (Phi) is 6.97. The molecule has 1 aromatic heterocycles. The first-order chi connectivity index (χ1) is 15.3. The lowest BCUT2D eigenvalue weighted by atomic mass is 9.96. The highest BCUT2D eigenvalue weighted by atomic mass is 16.4. The number of aliphatic hydroxyl groups is 1. The summed E-state index contributed by atoms with van der Waals surface area (Å²) in [5.41, 5.74) is 3.89. The van der Waals surface area contributed by atoms with Crippen LogP contribution in [0.15, 0.2) is 94.1 Å². The summed E-state index contributed by atoms with van der Waals surface area (Å²) in [6.07, 6.45) is 1.50. The fourth-order valence-electron chi connectivity index (χ4n) is 4.19. The van der Waals surface area contributed by atoms with Crippen LogP contribution in [0, 0.1) is 0 Å². The molecule has 4 aromatic rings. The van der Waals surface area contributed by atoms with Crippen LogP contribution >= 0.6 is 0 Å². The summed E-state index contributed by atoms with van der Waals surface area (Å²) >= 11 is 0. The second-order valence-corrected chi connectivity index (χ2v) is 7.68. The number of para-hydroxylation sites is 2. The van der Waals surface area contributed by atoms with Crippen molar-refractivity contribution < 1.29 is 9.52 Å². The highest BCUT2D eigenvalue weighted by molar-refractivity contribution is 5.72. The van der Waals surface area contributed by atoms with E-state index >= 15 is 0 Å². The number of fused-ring (bicyclic) bond motifs is 1. The zero-order chi connectivity index (χ0) is 21.5. The van der Waals surface area contributed by atoms with Gasteiger partial charge >= 0.3 is 5.76 Å². The van der Waals surface area contributed by atoms with Crippen LogP contribution in [0.1, 0.15) is 30.0 Å². The third kappa shape index (κ3) is 4.95. The Bertz CT molecular complexity index is 1100. The third-order valence-electron chi connectivity index (χ3n) is 5.60. The van der Waals surface area contributed by atoms with E-state index in [1.54, 1.807) is 4.57 Å². The van der Waals surface area contributed by atoms with Gasteiger partial charge in [-0.05, 0) is 36.1 Å². The molecule has 31 heavy (non-hydrogen) atoms. The fraction of sp³-hybridized carbons (Fsp3) is 0.269. The molecule has 160 valence electrons. The van der Waals surface area contributed by atoms with Gasteiger partial charge in [0.25, 0.3) is 0 Å².